The Hall–Kier alpha value is -1.53. The van der Waals surface area contributed by atoms with Gasteiger partial charge in [0.25, 0.3) is 0 Å². The summed E-state index contributed by atoms with van der Waals surface area (Å²) in [5.41, 5.74) is 1.36. The molecule has 2 saturated heterocycles. The molecule has 0 amide bonds. The predicted molar refractivity (Wildman–Crippen MR) is 84.4 cm³/mol. The van der Waals surface area contributed by atoms with Gasteiger partial charge in [0.1, 0.15) is 0 Å². The van der Waals surface area contributed by atoms with Crippen LogP contribution in [0.3, 0.4) is 0 Å². The Morgan fingerprint density at radius 3 is 2.64 bits per heavy atom. The molecule has 0 atom stereocenters. The van der Waals surface area contributed by atoms with E-state index in [0.29, 0.717) is 5.56 Å². The number of nitrogens with zero attached hydrogens (tertiary/aromatic N) is 4. The molecule has 6 heteroatoms. The molecule has 0 radical (unpaired) electrons. The van der Waals surface area contributed by atoms with E-state index in [-0.39, 0.29) is 11.4 Å². The average molecular weight is 304 g/mol. The van der Waals surface area contributed by atoms with E-state index in [9.17, 15) is 4.79 Å². The molecule has 2 aliphatic rings. The summed E-state index contributed by atoms with van der Waals surface area (Å²) in [7, 11) is 2.16. The van der Waals surface area contributed by atoms with Gasteiger partial charge in [-0.2, -0.15) is 0 Å². The molecule has 0 unspecified atom stereocenters. The second-order valence-corrected chi connectivity index (χ2v) is 6.48. The highest BCUT2D eigenvalue weighted by atomic mass is 16.5. The lowest BCUT2D eigenvalue weighted by Gasteiger charge is -2.46. The normalized spacial score (nSPS) is 22.0. The summed E-state index contributed by atoms with van der Waals surface area (Å²) in [6, 6.07) is 0. The summed E-state index contributed by atoms with van der Waals surface area (Å²) in [5.74, 6) is 0.738. The van der Waals surface area contributed by atoms with Crippen LogP contribution < -0.4 is 4.90 Å². The number of anilines is 1. The minimum Gasteiger partial charge on any atom is -0.372 e. The van der Waals surface area contributed by atoms with Crippen LogP contribution in [0.25, 0.3) is 0 Å². The zero-order valence-corrected chi connectivity index (χ0v) is 13.6. The number of rotatable bonds is 2. The lowest BCUT2D eigenvalue weighted by Crippen LogP contribution is -2.56. The van der Waals surface area contributed by atoms with Crippen LogP contribution >= 0.6 is 0 Å². The van der Waals surface area contributed by atoms with Crippen LogP contribution in [-0.2, 0) is 4.74 Å². The Labute approximate surface area is 131 Å². The molecule has 2 fully saturated rings. The van der Waals surface area contributed by atoms with Gasteiger partial charge in [-0.1, -0.05) is 0 Å². The Morgan fingerprint density at radius 1 is 1.32 bits per heavy atom. The van der Waals surface area contributed by atoms with E-state index >= 15 is 0 Å². The van der Waals surface area contributed by atoms with E-state index in [1.54, 1.807) is 13.1 Å². The molecule has 0 saturated carbocycles. The van der Waals surface area contributed by atoms with Crippen molar-refractivity contribution in [3.05, 3.63) is 17.5 Å². The van der Waals surface area contributed by atoms with Gasteiger partial charge in [0.2, 0.25) is 5.95 Å². The van der Waals surface area contributed by atoms with Crippen molar-refractivity contribution in [1.29, 1.82) is 0 Å². The number of Topliss-reactive ketones (excluding diaryl/α,β-unsaturated/α-hetero) is 1. The van der Waals surface area contributed by atoms with Crippen molar-refractivity contribution >= 4 is 11.7 Å². The van der Waals surface area contributed by atoms with E-state index < -0.39 is 0 Å². The highest BCUT2D eigenvalue weighted by molar-refractivity contribution is 5.94. The Morgan fingerprint density at radius 2 is 2.05 bits per heavy atom. The first-order chi connectivity index (χ1) is 10.5. The first-order valence-electron chi connectivity index (χ1n) is 7.91. The standard InChI is InChI=1S/C16H24N4O2/c1-12-14(13(2)21)10-17-15(18-12)20-6-4-16(5-7-20)11-19(3)8-9-22-16/h10H,4-9,11H2,1-3H3. The molecule has 3 heterocycles. The average Bonchev–Trinajstić information content (AvgIpc) is 2.47. The molecule has 0 N–H and O–H groups in total. The largest absolute Gasteiger partial charge is 0.372 e. The number of likely N-dealkylation sites (N-methyl/N-ethyl adjacent to an activating group) is 1. The minimum absolute atomic E-state index is 0.00211. The van der Waals surface area contributed by atoms with Crippen molar-refractivity contribution in [3.8, 4) is 0 Å². The maximum Gasteiger partial charge on any atom is 0.225 e. The fourth-order valence-electron chi connectivity index (χ4n) is 3.40. The van der Waals surface area contributed by atoms with E-state index in [1.165, 1.54) is 0 Å². The third-order valence-corrected chi connectivity index (χ3v) is 4.74. The van der Waals surface area contributed by atoms with Gasteiger partial charge < -0.3 is 14.5 Å². The van der Waals surface area contributed by atoms with Crippen molar-refractivity contribution in [2.45, 2.75) is 32.3 Å². The Kier molecular flexibility index (Phi) is 4.14. The van der Waals surface area contributed by atoms with Crippen molar-refractivity contribution in [1.82, 2.24) is 14.9 Å². The fourth-order valence-corrected chi connectivity index (χ4v) is 3.40. The highest BCUT2D eigenvalue weighted by Crippen LogP contribution is 2.31. The summed E-state index contributed by atoms with van der Waals surface area (Å²) >= 11 is 0. The number of morpholine rings is 1. The minimum atomic E-state index is -0.00211. The number of ketones is 1. The summed E-state index contributed by atoms with van der Waals surface area (Å²) in [4.78, 5) is 24.9. The third-order valence-electron chi connectivity index (χ3n) is 4.74. The van der Waals surface area contributed by atoms with Crippen molar-refractivity contribution in [3.63, 3.8) is 0 Å². The summed E-state index contributed by atoms with van der Waals surface area (Å²) in [6.45, 7) is 8.04. The van der Waals surface area contributed by atoms with Crippen molar-refractivity contribution < 1.29 is 9.53 Å². The number of carbonyl (C=O) groups excluding carboxylic acids is 1. The molecule has 22 heavy (non-hydrogen) atoms. The summed E-state index contributed by atoms with van der Waals surface area (Å²) in [5, 5.41) is 0. The first kappa shape index (κ1) is 15.4. The highest BCUT2D eigenvalue weighted by Gasteiger charge is 2.39. The number of piperidine rings is 1. The quantitative estimate of drug-likeness (QED) is 0.767. The van der Waals surface area contributed by atoms with Crippen LogP contribution in [0.5, 0.6) is 0 Å². The molecule has 6 nitrogen and oxygen atoms in total. The molecular weight excluding hydrogens is 280 g/mol. The smallest absolute Gasteiger partial charge is 0.225 e. The van der Waals surface area contributed by atoms with Gasteiger partial charge in [0.15, 0.2) is 5.78 Å². The molecule has 0 bridgehead atoms. The van der Waals surface area contributed by atoms with Gasteiger partial charge in [-0.25, -0.2) is 9.97 Å². The lowest BCUT2D eigenvalue weighted by atomic mass is 9.89. The molecule has 2 aliphatic heterocycles. The second kappa shape index (κ2) is 5.93. The molecule has 3 rings (SSSR count). The lowest BCUT2D eigenvalue weighted by molar-refractivity contribution is -0.115. The zero-order chi connectivity index (χ0) is 15.7. The number of aryl methyl sites for hydroxylation is 1. The van der Waals surface area contributed by atoms with E-state index in [1.807, 2.05) is 6.92 Å². The maximum absolute atomic E-state index is 11.5. The van der Waals surface area contributed by atoms with Crippen LogP contribution in [0.1, 0.15) is 35.8 Å². The van der Waals surface area contributed by atoms with Gasteiger partial charge in [-0.05, 0) is 33.7 Å². The molecule has 1 aromatic rings. The summed E-state index contributed by atoms with van der Waals surface area (Å²) < 4.78 is 6.08. The predicted octanol–water partition coefficient (Wildman–Crippen LogP) is 1.29. The van der Waals surface area contributed by atoms with E-state index in [0.717, 1.165) is 57.3 Å². The van der Waals surface area contributed by atoms with Gasteiger partial charge in [0, 0.05) is 32.4 Å². The molecule has 0 aliphatic carbocycles. The van der Waals surface area contributed by atoms with Crippen molar-refractivity contribution in [2.75, 3.05) is 44.7 Å². The number of carbonyl (C=O) groups is 1. The second-order valence-electron chi connectivity index (χ2n) is 6.48. The fraction of sp³-hybridized carbons (Fsp3) is 0.688. The van der Waals surface area contributed by atoms with Crippen LogP contribution in [-0.4, -0.2) is 66.1 Å². The van der Waals surface area contributed by atoms with Gasteiger partial charge in [-0.3, -0.25) is 4.79 Å². The molecule has 0 aromatic carbocycles. The third kappa shape index (κ3) is 2.98. The number of ether oxygens (including phenoxy) is 1. The monoisotopic (exact) mass is 304 g/mol. The van der Waals surface area contributed by atoms with Crippen LogP contribution in [0.2, 0.25) is 0 Å². The van der Waals surface area contributed by atoms with Gasteiger partial charge >= 0.3 is 0 Å². The maximum atomic E-state index is 11.5. The molecule has 1 aromatic heterocycles. The van der Waals surface area contributed by atoms with Crippen LogP contribution in [0, 0.1) is 6.92 Å². The molecule has 1 spiro atoms. The topological polar surface area (TPSA) is 58.6 Å². The van der Waals surface area contributed by atoms with Crippen LogP contribution in [0.4, 0.5) is 5.95 Å². The van der Waals surface area contributed by atoms with E-state index in [2.05, 4.69) is 26.8 Å². The Bertz CT molecular complexity index is 567. The van der Waals surface area contributed by atoms with Gasteiger partial charge in [-0.15, -0.1) is 0 Å². The van der Waals surface area contributed by atoms with E-state index in [4.69, 9.17) is 4.74 Å². The number of aromatic nitrogens is 2. The van der Waals surface area contributed by atoms with Gasteiger partial charge in [0.05, 0.1) is 23.5 Å². The zero-order valence-electron chi connectivity index (χ0n) is 13.6. The Balaban J connectivity index is 1.69. The number of hydrogen-bond acceptors (Lipinski definition) is 6. The molecular formula is C16H24N4O2. The summed E-state index contributed by atoms with van der Waals surface area (Å²) in [6.07, 6.45) is 3.64. The first-order valence-corrected chi connectivity index (χ1v) is 7.91. The SMILES string of the molecule is CC(=O)c1cnc(N2CCC3(CC2)CN(C)CCO3)nc1C. The van der Waals surface area contributed by atoms with Crippen molar-refractivity contribution in [2.24, 2.45) is 0 Å². The number of hydrogen-bond donors (Lipinski definition) is 0. The molecule has 120 valence electrons. The van der Waals surface area contributed by atoms with Crippen LogP contribution in [0.15, 0.2) is 6.20 Å².